The van der Waals surface area contributed by atoms with Gasteiger partial charge in [-0.2, -0.15) is 0 Å². The number of anilines is 1. The summed E-state index contributed by atoms with van der Waals surface area (Å²) in [6, 6.07) is 8.47. The maximum Gasteiger partial charge on any atom is 0.480 e. The number of hydrogen-bond donors (Lipinski definition) is 2. The third-order valence-corrected chi connectivity index (χ3v) is 4.68. The average molecular weight is 332 g/mol. The van der Waals surface area contributed by atoms with E-state index in [1.165, 1.54) is 12.8 Å². The molecule has 0 spiro atoms. The van der Waals surface area contributed by atoms with Gasteiger partial charge in [-0.1, -0.05) is 46.8 Å². The SMILES string of the molecule is CC.CC1CC(Nc2n[n+](C)c3ccccc3[n+]2N)CC(C)(C)C1. The maximum absolute atomic E-state index is 6.29. The third kappa shape index (κ3) is 3.94. The summed E-state index contributed by atoms with van der Waals surface area (Å²) in [5.74, 6) is 7.74. The fraction of sp³-hybridized carbons (Fsp3) is 0.632. The van der Waals surface area contributed by atoms with Crippen molar-refractivity contribution < 1.29 is 9.36 Å². The van der Waals surface area contributed by atoms with Crippen molar-refractivity contribution in [3.05, 3.63) is 24.3 Å². The highest BCUT2D eigenvalue weighted by Crippen LogP contribution is 2.39. The number of nitrogen functional groups attached to an aromatic ring is 1. The molecular formula is C19H33N5+2. The molecule has 1 aromatic heterocycles. The Kier molecular flexibility index (Phi) is 5.62. The van der Waals surface area contributed by atoms with E-state index in [4.69, 9.17) is 5.84 Å². The molecule has 24 heavy (non-hydrogen) atoms. The highest BCUT2D eigenvalue weighted by Gasteiger charge is 2.35. The van der Waals surface area contributed by atoms with Gasteiger partial charge < -0.3 is 0 Å². The van der Waals surface area contributed by atoms with Gasteiger partial charge in [-0.15, -0.1) is 4.68 Å². The quantitative estimate of drug-likeness (QED) is 0.657. The van der Waals surface area contributed by atoms with Crippen LogP contribution in [0.5, 0.6) is 0 Å². The van der Waals surface area contributed by atoms with Crippen molar-refractivity contribution in [1.29, 1.82) is 0 Å². The molecule has 0 bridgehead atoms. The Morgan fingerprint density at radius 2 is 1.79 bits per heavy atom. The first-order chi connectivity index (χ1) is 11.4. The van der Waals surface area contributed by atoms with Crippen LogP contribution in [0.1, 0.15) is 53.9 Å². The Labute approximate surface area is 145 Å². The highest BCUT2D eigenvalue weighted by atomic mass is 15.4. The maximum atomic E-state index is 6.29. The van der Waals surface area contributed by atoms with Crippen LogP contribution in [0.3, 0.4) is 0 Å². The summed E-state index contributed by atoms with van der Waals surface area (Å²) in [5, 5.41) is 8.19. The van der Waals surface area contributed by atoms with Crippen molar-refractivity contribution in [2.24, 2.45) is 18.4 Å². The fourth-order valence-corrected chi connectivity index (χ4v) is 4.04. The number of hydrogen-bond acceptors (Lipinski definition) is 3. The van der Waals surface area contributed by atoms with Crippen molar-refractivity contribution in [2.75, 3.05) is 11.2 Å². The van der Waals surface area contributed by atoms with Crippen LogP contribution in [-0.4, -0.2) is 11.1 Å². The lowest BCUT2D eigenvalue weighted by molar-refractivity contribution is -0.727. The zero-order valence-electron chi connectivity index (χ0n) is 16.0. The average Bonchev–Trinajstić information content (AvgIpc) is 2.52. The zero-order chi connectivity index (χ0) is 17.9. The summed E-state index contributed by atoms with van der Waals surface area (Å²) >= 11 is 0. The first-order valence-electron chi connectivity index (χ1n) is 9.08. The van der Waals surface area contributed by atoms with Crippen LogP contribution in [0.25, 0.3) is 11.0 Å². The fourth-order valence-electron chi connectivity index (χ4n) is 4.04. The molecule has 0 aliphatic heterocycles. The number of fused-ring (bicyclic) bond motifs is 1. The van der Waals surface area contributed by atoms with Gasteiger partial charge >= 0.3 is 5.95 Å². The molecule has 2 unspecified atom stereocenters. The van der Waals surface area contributed by atoms with Crippen LogP contribution in [0, 0.1) is 11.3 Å². The van der Waals surface area contributed by atoms with Crippen LogP contribution in [0.4, 0.5) is 5.95 Å². The molecule has 1 aliphatic carbocycles. The molecule has 1 aromatic carbocycles. The van der Waals surface area contributed by atoms with E-state index in [9.17, 15) is 0 Å². The normalized spacial score (nSPS) is 22.6. The van der Waals surface area contributed by atoms with Crippen LogP contribution >= 0.6 is 0 Å². The first kappa shape index (κ1) is 18.4. The molecular weight excluding hydrogens is 298 g/mol. The number of para-hydroxylation sites is 2. The van der Waals surface area contributed by atoms with E-state index >= 15 is 0 Å². The van der Waals surface area contributed by atoms with Crippen molar-refractivity contribution in [1.82, 2.24) is 5.10 Å². The summed E-state index contributed by atoms with van der Waals surface area (Å²) in [4.78, 5) is 0. The van der Waals surface area contributed by atoms with Crippen molar-refractivity contribution in [3.63, 3.8) is 0 Å². The first-order valence-corrected chi connectivity index (χ1v) is 9.08. The number of aromatic nitrogens is 3. The minimum atomic E-state index is 0.369. The lowest BCUT2D eigenvalue weighted by atomic mass is 9.71. The smallest absolute Gasteiger partial charge is 0.288 e. The molecule has 132 valence electrons. The molecule has 3 N–H and O–H groups in total. The largest absolute Gasteiger partial charge is 0.480 e. The number of nitrogens with zero attached hydrogens (tertiary/aromatic N) is 3. The monoisotopic (exact) mass is 331 g/mol. The standard InChI is InChI=1S/C17H26N5.C2H6/c1-12-9-13(11-17(2,3)10-12)19-16-20-21(4)14-7-5-6-8-15(14)22(16)18;1-2/h5-8,12-13H,9-11,18H2,1-4H3;1-2H3/q+1;/p+1. The van der Waals surface area contributed by atoms with Crippen LogP contribution in [0.2, 0.25) is 0 Å². The molecule has 1 aliphatic rings. The van der Waals surface area contributed by atoms with E-state index in [0.717, 1.165) is 29.3 Å². The molecule has 1 heterocycles. The van der Waals surface area contributed by atoms with Gasteiger partial charge in [0.25, 0.3) is 5.52 Å². The lowest BCUT2D eigenvalue weighted by Crippen LogP contribution is -2.55. The van der Waals surface area contributed by atoms with Crippen LogP contribution < -0.4 is 20.5 Å². The molecule has 2 aromatic rings. The second kappa shape index (κ2) is 7.32. The molecule has 5 heteroatoms. The van der Waals surface area contributed by atoms with Gasteiger partial charge in [0.15, 0.2) is 12.1 Å². The van der Waals surface area contributed by atoms with Crippen LogP contribution in [-0.2, 0) is 7.05 Å². The number of benzene rings is 1. The summed E-state index contributed by atoms with van der Waals surface area (Å²) in [6.07, 6.45) is 3.60. The van der Waals surface area contributed by atoms with E-state index in [0.29, 0.717) is 11.5 Å². The van der Waals surface area contributed by atoms with Gasteiger partial charge in [0.05, 0.1) is 6.04 Å². The summed E-state index contributed by atoms with van der Waals surface area (Å²) in [6.45, 7) is 11.0. The Morgan fingerprint density at radius 3 is 2.42 bits per heavy atom. The van der Waals surface area contributed by atoms with Gasteiger partial charge in [-0.05, 0) is 41.3 Å². The van der Waals surface area contributed by atoms with Crippen LogP contribution in [0.15, 0.2) is 24.3 Å². The molecule has 0 amide bonds. The molecule has 1 saturated carbocycles. The molecule has 1 fully saturated rings. The Morgan fingerprint density at radius 1 is 1.17 bits per heavy atom. The number of rotatable bonds is 2. The minimum absolute atomic E-state index is 0.369. The summed E-state index contributed by atoms with van der Waals surface area (Å²) in [5.41, 5.74) is 2.37. The second-order valence-electron chi connectivity index (χ2n) is 7.56. The summed E-state index contributed by atoms with van der Waals surface area (Å²) in [7, 11) is 1.96. The molecule has 3 rings (SSSR count). The highest BCUT2D eigenvalue weighted by molar-refractivity contribution is 5.67. The second-order valence-corrected chi connectivity index (χ2v) is 7.56. The molecule has 0 radical (unpaired) electrons. The topological polar surface area (TPSA) is 58.7 Å². The molecule has 0 saturated heterocycles. The van der Waals surface area contributed by atoms with Gasteiger partial charge in [0.2, 0.25) is 5.52 Å². The van der Waals surface area contributed by atoms with E-state index in [1.807, 2.05) is 49.8 Å². The number of nitrogens with one attached hydrogen (secondary N) is 1. The Bertz CT molecular complexity index is 695. The van der Waals surface area contributed by atoms with E-state index in [1.54, 1.807) is 4.68 Å². The third-order valence-electron chi connectivity index (χ3n) is 4.68. The summed E-state index contributed by atoms with van der Waals surface area (Å²) < 4.78 is 3.56. The Balaban J connectivity index is 0.00000100. The zero-order valence-corrected chi connectivity index (χ0v) is 16.0. The molecule has 2 atom stereocenters. The number of aryl methyl sites for hydroxylation is 1. The Hall–Kier alpha value is -1.91. The van der Waals surface area contributed by atoms with Gasteiger partial charge in [0, 0.05) is 6.07 Å². The van der Waals surface area contributed by atoms with E-state index in [2.05, 4.69) is 31.2 Å². The van der Waals surface area contributed by atoms with Crippen molar-refractivity contribution >= 4 is 17.0 Å². The van der Waals surface area contributed by atoms with Gasteiger partial charge in [0.1, 0.15) is 0 Å². The van der Waals surface area contributed by atoms with Crippen molar-refractivity contribution in [3.8, 4) is 0 Å². The van der Waals surface area contributed by atoms with E-state index in [-0.39, 0.29) is 0 Å². The molecule has 5 nitrogen and oxygen atoms in total. The van der Waals surface area contributed by atoms with E-state index < -0.39 is 0 Å². The van der Waals surface area contributed by atoms with Crippen molar-refractivity contribution in [2.45, 2.75) is 59.9 Å². The predicted molar refractivity (Wildman–Crippen MR) is 98.8 cm³/mol. The predicted octanol–water partition coefficient (Wildman–Crippen LogP) is 2.71. The van der Waals surface area contributed by atoms with Gasteiger partial charge in [-0.25, -0.2) is 0 Å². The lowest BCUT2D eigenvalue weighted by Gasteiger charge is -2.37. The number of nitrogens with two attached hydrogens (primary N) is 1. The van der Waals surface area contributed by atoms with Gasteiger partial charge in [-0.3, -0.25) is 11.2 Å². The minimum Gasteiger partial charge on any atom is -0.288 e.